The molecule has 0 saturated heterocycles. The van der Waals surface area contributed by atoms with E-state index >= 15 is 0 Å². The molecule has 0 bridgehead atoms. The van der Waals surface area contributed by atoms with Crippen molar-refractivity contribution < 1.29 is 0 Å². The molecule has 0 amide bonds. The highest BCUT2D eigenvalue weighted by Gasteiger charge is 2.16. The molecular weight excluding hydrogens is 355 g/mol. The molecule has 0 radical (unpaired) electrons. The van der Waals surface area contributed by atoms with Crippen molar-refractivity contribution in [1.29, 1.82) is 0 Å². The van der Waals surface area contributed by atoms with Gasteiger partial charge in [-0.25, -0.2) is 4.98 Å². The van der Waals surface area contributed by atoms with Gasteiger partial charge in [0.15, 0.2) is 5.65 Å². The van der Waals surface area contributed by atoms with Crippen molar-refractivity contribution >= 4 is 40.4 Å². The number of rotatable bonds is 3. The Kier molecular flexibility index (Phi) is 4.07. The molecule has 124 valence electrons. The van der Waals surface area contributed by atoms with Gasteiger partial charge in [0.1, 0.15) is 11.5 Å². The van der Waals surface area contributed by atoms with Crippen LogP contribution in [0.1, 0.15) is 5.69 Å². The van der Waals surface area contributed by atoms with Crippen LogP contribution in [0.4, 0.5) is 11.5 Å². The van der Waals surface area contributed by atoms with Crippen LogP contribution in [0.15, 0.2) is 60.9 Å². The molecule has 25 heavy (non-hydrogen) atoms. The Labute approximate surface area is 155 Å². The molecule has 2 aromatic heterocycles. The molecule has 4 aromatic rings. The van der Waals surface area contributed by atoms with Gasteiger partial charge in [0, 0.05) is 23.6 Å². The van der Waals surface area contributed by atoms with E-state index in [1.807, 2.05) is 53.9 Å². The fourth-order valence-corrected chi connectivity index (χ4v) is 3.03. The second-order valence-corrected chi connectivity index (χ2v) is 6.45. The molecule has 6 heteroatoms. The first kappa shape index (κ1) is 15.9. The summed E-state index contributed by atoms with van der Waals surface area (Å²) in [4.78, 5) is 9.14. The average Bonchev–Trinajstić information content (AvgIpc) is 2.99. The van der Waals surface area contributed by atoms with Crippen molar-refractivity contribution in [3.63, 3.8) is 0 Å². The lowest BCUT2D eigenvalue weighted by Gasteiger charge is -2.10. The zero-order chi connectivity index (χ0) is 17.4. The Bertz CT molecular complexity index is 1060. The van der Waals surface area contributed by atoms with E-state index < -0.39 is 0 Å². The maximum absolute atomic E-state index is 6.15. The highest BCUT2D eigenvalue weighted by Crippen LogP contribution is 2.33. The summed E-state index contributed by atoms with van der Waals surface area (Å²) in [5, 5.41) is 4.44. The second kappa shape index (κ2) is 6.39. The summed E-state index contributed by atoms with van der Waals surface area (Å²) < 4.78 is 1.99. The number of nitrogens with zero attached hydrogens (tertiary/aromatic N) is 3. The van der Waals surface area contributed by atoms with Crippen LogP contribution in [0.25, 0.3) is 16.9 Å². The van der Waals surface area contributed by atoms with Crippen molar-refractivity contribution in [3.05, 3.63) is 76.7 Å². The lowest BCUT2D eigenvalue weighted by Crippen LogP contribution is -1.98. The molecule has 0 unspecified atom stereocenters. The molecule has 0 atom stereocenters. The van der Waals surface area contributed by atoms with E-state index in [-0.39, 0.29) is 0 Å². The van der Waals surface area contributed by atoms with Gasteiger partial charge in [-0.3, -0.25) is 9.38 Å². The number of aromatic nitrogens is 3. The molecule has 2 aromatic carbocycles. The Morgan fingerprint density at radius 1 is 1.00 bits per heavy atom. The molecule has 0 aliphatic rings. The lowest BCUT2D eigenvalue weighted by atomic mass is 10.1. The molecular formula is C19H14Cl2N4. The van der Waals surface area contributed by atoms with Gasteiger partial charge in [-0.1, -0.05) is 53.5 Å². The number of nitrogens with one attached hydrogen (secondary N) is 1. The van der Waals surface area contributed by atoms with Crippen molar-refractivity contribution in [3.8, 4) is 11.3 Å². The van der Waals surface area contributed by atoms with Gasteiger partial charge in [0.2, 0.25) is 0 Å². The second-order valence-electron chi connectivity index (χ2n) is 5.64. The van der Waals surface area contributed by atoms with Crippen LogP contribution in [0, 0.1) is 6.92 Å². The van der Waals surface area contributed by atoms with Crippen LogP contribution in [-0.2, 0) is 0 Å². The van der Waals surface area contributed by atoms with Gasteiger partial charge in [-0.2, -0.15) is 0 Å². The standard InChI is InChI=1S/C19H14Cl2N4/c1-12-18-24-17(13-5-3-2-4-6-13)19(25(18)10-9-22-12)23-14-7-8-15(20)16(21)11-14/h2-11,23H,1H3. The van der Waals surface area contributed by atoms with Crippen LogP contribution in [0.5, 0.6) is 0 Å². The van der Waals surface area contributed by atoms with Gasteiger partial charge in [-0.15, -0.1) is 0 Å². The number of anilines is 2. The van der Waals surface area contributed by atoms with Gasteiger partial charge >= 0.3 is 0 Å². The summed E-state index contributed by atoms with van der Waals surface area (Å²) in [6.45, 7) is 1.94. The smallest absolute Gasteiger partial charge is 0.160 e. The number of imidazole rings is 1. The van der Waals surface area contributed by atoms with Crippen LogP contribution >= 0.6 is 23.2 Å². The third-order valence-corrected chi connectivity index (χ3v) is 4.69. The highest BCUT2D eigenvalue weighted by atomic mass is 35.5. The highest BCUT2D eigenvalue weighted by molar-refractivity contribution is 6.42. The summed E-state index contributed by atoms with van der Waals surface area (Å²) in [6.07, 6.45) is 3.65. The van der Waals surface area contributed by atoms with Crippen LogP contribution in [0.2, 0.25) is 10.0 Å². The minimum atomic E-state index is 0.500. The van der Waals surface area contributed by atoms with E-state index in [9.17, 15) is 0 Å². The maximum atomic E-state index is 6.15. The zero-order valence-corrected chi connectivity index (χ0v) is 14.9. The van der Waals surface area contributed by atoms with Gasteiger partial charge < -0.3 is 5.32 Å². The molecule has 0 aliphatic carbocycles. The molecule has 0 spiro atoms. The molecule has 4 nitrogen and oxygen atoms in total. The van der Waals surface area contributed by atoms with Gasteiger partial charge in [0.05, 0.1) is 15.7 Å². The predicted octanol–water partition coefficient (Wildman–Crippen LogP) is 5.76. The Balaban J connectivity index is 1.91. The van der Waals surface area contributed by atoms with E-state index in [0.29, 0.717) is 10.0 Å². The lowest BCUT2D eigenvalue weighted by molar-refractivity contribution is 1.08. The van der Waals surface area contributed by atoms with Crippen molar-refractivity contribution in [2.24, 2.45) is 0 Å². The van der Waals surface area contributed by atoms with Gasteiger partial charge in [0.25, 0.3) is 0 Å². The quantitative estimate of drug-likeness (QED) is 0.500. The first-order valence-corrected chi connectivity index (χ1v) is 8.50. The first-order valence-electron chi connectivity index (χ1n) is 7.74. The summed E-state index contributed by atoms with van der Waals surface area (Å²) in [5.41, 5.74) is 4.38. The molecule has 0 aliphatic heterocycles. The number of aryl methyl sites for hydroxylation is 1. The van der Waals surface area contributed by atoms with Crippen molar-refractivity contribution in [1.82, 2.24) is 14.4 Å². The number of fused-ring (bicyclic) bond motifs is 1. The zero-order valence-electron chi connectivity index (χ0n) is 13.4. The Hall–Kier alpha value is -2.56. The van der Waals surface area contributed by atoms with Crippen LogP contribution < -0.4 is 5.32 Å². The number of benzene rings is 2. The largest absolute Gasteiger partial charge is 0.339 e. The van der Waals surface area contributed by atoms with Crippen molar-refractivity contribution in [2.75, 3.05) is 5.32 Å². The minimum Gasteiger partial charge on any atom is -0.339 e. The number of hydrogen-bond donors (Lipinski definition) is 1. The summed E-state index contributed by atoms with van der Waals surface area (Å²) in [6, 6.07) is 15.5. The number of halogens is 2. The monoisotopic (exact) mass is 368 g/mol. The molecule has 0 fully saturated rings. The number of hydrogen-bond acceptors (Lipinski definition) is 3. The molecule has 4 rings (SSSR count). The summed E-state index contributed by atoms with van der Waals surface area (Å²) in [7, 11) is 0. The predicted molar refractivity (Wildman–Crippen MR) is 103 cm³/mol. The molecule has 2 heterocycles. The summed E-state index contributed by atoms with van der Waals surface area (Å²) in [5.74, 6) is 0.852. The average molecular weight is 369 g/mol. The Morgan fingerprint density at radius 3 is 2.56 bits per heavy atom. The van der Waals surface area contributed by atoms with E-state index in [4.69, 9.17) is 28.2 Å². The van der Waals surface area contributed by atoms with Gasteiger partial charge in [-0.05, 0) is 25.1 Å². The first-order chi connectivity index (χ1) is 12.1. The van der Waals surface area contributed by atoms with Crippen molar-refractivity contribution in [2.45, 2.75) is 6.92 Å². The maximum Gasteiger partial charge on any atom is 0.160 e. The fourth-order valence-electron chi connectivity index (χ4n) is 2.73. The Morgan fingerprint density at radius 2 is 1.80 bits per heavy atom. The molecule has 1 N–H and O–H groups in total. The normalized spacial score (nSPS) is 11.0. The fraction of sp³-hybridized carbons (Fsp3) is 0.0526. The van der Waals surface area contributed by atoms with Crippen LogP contribution in [0.3, 0.4) is 0 Å². The topological polar surface area (TPSA) is 42.2 Å². The third-order valence-electron chi connectivity index (χ3n) is 3.95. The van der Waals surface area contributed by atoms with E-state index in [0.717, 1.165) is 34.1 Å². The van der Waals surface area contributed by atoms with E-state index in [2.05, 4.69) is 10.3 Å². The summed E-state index contributed by atoms with van der Waals surface area (Å²) >= 11 is 12.2. The molecule has 0 saturated carbocycles. The van der Waals surface area contributed by atoms with E-state index in [1.54, 1.807) is 18.3 Å². The third kappa shape index (κ3) is 2.95. The SMILES string of the molecule is Cc1nccn2c(Nc3ccc(Cl)c(Cl)c3)c(-c3ccccc3)nc12. The minimum absolute atomic E-state index is 0.500. The van der Waals surface area contributed by atoms with E-state index in [1.165, 1.54) is 0 Å². The van der Waals surface area contributed by atoms with Crippen LogP contribution in [-0.4, -0.2) is 14.4 Å².